The van der Waals surface area contributed by atoms with Gasteiger partial charge in [-0.05, 0) is 55.2 Å². The SMILES string of the molecule is Cc1ccc(CC(O)C2(C)CC2)cc1C. The first-order chi connectivity index (χ1) is 7.01. The molecule has 0 amide bonds. The largest absolute Gasteiger partial charge is 0.392 e. The van der Waals surface area contributed by atoms with E-state index in [0.29, 0.717) is 0 Å². The Balaban J connectivity index is 2.07. The van der Waals surface area contributed by atoms with E-state index in [4.69, 9.17) is 0 Å². The van der Waals surface area contributed by atoms with Crippen molar-refractivity contribution in [3.63, 3.8) is 0 Å². The standard InChI is InChI=1S/C14H20O/c1-10-4-5-12(8-11(10)2)9-13(15)14(3)6-7-14/h4-5,8,13,15H,6-7,9H2,1-3H3. The fourth-order valence-corrected chi connectivity index (χ4v) is 1.93. The number of benzene rings is 1. The lowest BCUT2D eigenvalue weighted by molar-refractivity contribution is 0.103. The minimum Gasteiger partial charge on any atom is -0.392 e. The van der Waals surface area contributed by atoms with Gasteiger partial charge in [0.2, 0.25) is 0 Å². The zero-order valence-corrected chi connectivity index (χ0v) is 9.88. The van der Waals surface area contributed by atoms with Gasteiger partial charge >= 0.3 is 0 Å². The lowest BCUT2D eigenvalue weighted by Crippen LogP contribution is -2.21. The molecule has 1 aromatic carbocycles. The van der Waals surface area contributed by atoms with Crippen LogP contribution in [0.1, 0.15) is 36.5 Å². The van der Waals surface area contributed by atoms with E-state index in [9.17, 15) is 5.11 Å². The van der Waals surface area contributed by atoms with Crippen molar-refractivity contribution in [3.8, 4) is 0 Å². The highest BCUT2D eigenvalue weighted by Crippen LogP contribution is 2.48. The molecule has 0 heterocycles. The highest BCUT2D eigenvalue weighted by atomic mass is 16.3. The zero-order chi connectivity index (χ0) is 11.1. The molecule has 1 saturated carbocycles. The van der Waals surface area contributed by atoms with E-state index in [0.717, 1.165) is 6.42 Å². The first-order valence-corrected chi connectivity index (χ1v) is 5.75. The molecule has 1 aliphatic rings. The van der Waals surface area contributed by atoms with Crippen molar-refractivity contribution in [2.75, 3.05) is 0 Å². The third-order valence-corrected chi connectivity index (χ3v) is 3.84. The fraction of sp³-hybridized carbons (Fsp3) is 0.571. The average Bonchev–Trinajstić information content (AvgIpc) is 2.92. The zero-order valence-electron chi connectivity index (χ0n) is 9.88. The molecule has 1 N–H and O–H groups in total. The van der Waals surface area contributed by atoms with Gasteiger partial charge in [-0.2, -0.15) is 0 Å². The van der Waals surface area contributed by atoms with Crippen LogP contribution in [0.15, 0.2) is 18.2 Å². The summed E-state index contributed by atoms with van der Waals surface area (Å²) in [5.41, 5.74) is 4.11. The number of rotatable bonds is 3. The number of aliphatic hydroxyl groups excluding tert-OH is 1. The molecule has 1 heteroatoms. The molecule has 15 heavy (non-hydrogen) atoms. The molecule has 2 rings (SSSR count). The molecule has 0 aliphatic heterocycles. The summed E-state index contributed by atoms with van der Waals surface area (Å²) in [6.07, 6.45) is 3.00. The van der Waals surface area contributed by atoms with Crippen LogP contribution in [0, 0.1) is 19.3 Å². The van der Waals surface area contributed by atoms with Gasteiger partial charge in [-0.3, -0.25) is 0 Å². The predicted molar refractivity (Wildman–Crippen MR) is 63.0 cm³/mol. The minimum atomic E-state index is -0.167. The third-order valence-electron chi connectivity index (χ3n) is 3.84. The Labute approximate surface area is 92.1 Å². The van der Waals surface area contributed by atoms with Crippen molar-refractivity contribution in [2.24, 2.45) is 5.41 Å². The second kappa shape index (κ2) is 3.64. The highest BCUT2D eigenvalue weighted by Gasteiger charge is 2.43. The van der Waals surface area contributed by atoms with Crippen LogP contribution in [-0.4, -0.2) is 11.2 Å². The van der Waals surface area contributed by atoms with Crippen molar-refractivity contribution >= 4 is 0 Å². The van der Waals surface area contributed by atoms with Crippen LogP contribution in [0.25, 0.3) is 0 Å². The third kappa shape index (κ3) is 2.23. The molecule has 1 atom stereocenters. The van der Waals surface area contributed by atoms with E-state index in [1.165, 1.54) is 29.5 Å². The summed E-state index contributed by atoms with van der Waals surface area (Å²) >= 11 is 0. The summed E-state index contributed by atoms with van der Waals surface area (Å²) in [6.45, 7) is 6.43. The fourth-order valence-electron chi connectivity index (χ4n) is 1.93. The summed E-state index contributed by atoms with van der Waals surface area (Å²) < 4.78 is 0. The number of aliphatic hydroxyl groups is 1. The summed E-state index contributed by atoms with van der Waals surface area (Å²) in [5, 5.41) is 10.1. The van der Waals surface area contributed by atoms with Gasteiger partial charge in [0.25, 0.3) is 0 Å². The number of aryl methyl sites for hydroxylation is 2. The number of hydrogen-bond donors (Lipinski definition) is 1. The van der Waals surface area contributed by atoms with Crippen molar-refractivity contribution in [3.05, 3.63) is 34.9 Å². The number of hydrogen-bond acceptors (Lipinski definition) is 1. The highest BCUT2D eigenvalue weighted by molar-refractivity contribution is 5.30. The van der Waals surface area contributed by atoms with E-state index < -0.39 is 0 Å². The van der Waals surface area contributed by atoms with Crippen molar-refractivity contribution in [1.82, 2.24) is 0 Å². The Morgan fingerprint density at radius 3 is 2.47 bits per heavy atom. The Hall–Kier alpha value is -0.820. The first-order valence-electron chi connectivity index (χ1n) is 5.75. The lowest BCUT2D eigenvalue weighted by atomic mass is 9.94. The van der Waals surface area contributed by atoms with Crippen molar-refractivity contribution < 1.29 is 5.11 Å². The van der Waals surface area contributed by atoms with Crippen LogP contribution in [0.3, 0.4) is 0 Å². The van der Waals surface area contributed by atoms with Gasteiger partial charge in [0.05, 0.1) is 6.10 Å². The topological polar surface area (TPSA) is 20.2 Å². The summed E-state index contributed by atoms with van der Waals surface area (Å²) in [6, 6.07) is 6.48. The summed E-state index contributed by atoms with van der Waals surface area (Å²) in [7, 11) is 0. The van der Waals surface area contributed by atoms with E-state index in [2.05, 4.69) is 39.0 Å². The monoisotopic (exact) mass is 204 g/mol. The molecule has 0 aromatic heterocycles. The van der Waals surface area contributed by atoms with Crippen molar-refractivity contribution in [2.45, 2.75) is 46.1 Å². The van der Waals surface area contributed by atoms with E-state index in [-0.39, 0.29) is 11.5 Å². The molecule has 0 spiro atoms. The maximum atomic E-state index is 10.1. The van der Waals surface area contributed by atoms with E-state index in [1.807, 2.05) is 0 Å². The van der Waals surface area contributed by atoms with Gasteiger partial charge in [-0.1, -0.05) is 25.1 Å². The van der Waals surface area contributed by atoms with E-state index in [1.54, 1.807) is 0 Å². The van der Waals surface area contributed by atoms with Gasteiger partial charge in [0.1, 0.15) is 0 Å². The van der Waals surface area contributed by atoms with Gasteiger partial charge in [-0.25, -0.2) is 0 Å². The normalized spacial score (nSPS) is 20.0. The molecular weight excluding hydrogens is 184 g/mol. The van der Waals surface area contributed by atoms with Gasteiger partial charge in [-0.15, -0.1) is 0 Å². The van der Waals surface area contributed by atoms with Gasteiger partial charge in [0.15, 0.2) is 0 Å². The predicted octanol–water partition coefficient (Wildman–Crippen LogP) is 3.01. The van der Waals surface area contributed by atoms with Gasteiger partial charge < -0.3 is 5.11 Å². The maximum absolute atomic E-state index is 10.1. The molecule has 1 fully saturated rings. The lowest BCUT2D eigenvalue weighted by Gasteiger charge is -2.17. The molecule has 0 bridgehead atoms. The van der Waals surface area contributed by atoms with Crippen LogP contribution in [0.2, 0.25) is 0 Å². The molecule has 0 radical (unpaired) electrons. The second-order valence-electron chi connectivity index (χ2n) is 5.29. The van der Waals surface area contributed by atoms with Crippen LogP contribution in [0.4, 0.5) is 0 Å². The average molecular weight is 204 g/mol. The summed E-state index contributed by atoms with van der Waals surface area (Å²) in [4.78, 5) is 0. The maximum Gasteiger partial charge on any atom is 0.0634 e. The molecule has 82 valence electrons. The molecule has 1 aliphatic carbocycles. The van der Waals surface area contributed by atoms with Crippen LogP contribution in [-0.2, 0) is 6.42 Å². The van der Waals surface area contributed by atoms with E-state index >= 15 is 0 Å². The quantitative estimate of drug-likeness (QED) is 0.802. The molecule has 0 saturated heterocycles. The Kier molecular flexibility index (Phi) is 2.59. The van der Waals surface area contributed by atoms with Crippen LogP contribution in [0.5, 0.6) is 0 Å². The summed E-state index contributed by atoms with van der Waals surface area (Å²) in [5.74, 6) is 0. The molecule has 1 unspecified atom stereocenters. The molecule has 1 nitrogen and oxygen atoms in total. The van der Waals surface area contributed by atoms with Crippen LogP contribution < -0.4 is 0 Å². The Bertz CT molecular complexity index is 364. The van der Waals surface area contributed by atoms with Crippen molar-refractivity contribution in [1.29, 1.82) is 0 Å². The van der Waals surface area contributed by atoms with Crippen LogP contribution >= 0.6 is 0 Å². The molecule has 1 aromatic rings. The minimum absolute atomic E-state index is 0.167. The Morgan fingerprint density at radius 2 is 1.93 bits per heavy atom. The Morgan fingerprint density at radius 1 is 1.27 bits per heavy atom. The second-order valence-corrected chi connectivity index (χ2v) is 5.29. The van der Waals surface area contributed by atoms with Gasteiger partial charge in [0, 0.05) is 0 Å². The first kappa shape index (κ1) is 10.7. The molecular formula is C14H20O. The smallest absolute Gasteiger partial charge is 0.0634 e.